The van der Waals surface area contributed by atoms with Crippen LogP contribution in [0.5, 0.6) is 11.5 Å². The lowest BCUT2D eigenvalue weighted by atomic mass is 9.55. The van der Waals surface area contributed by atoms with Crippen LogP contribution in [0.25, 0.3) is 0 Å². The summed E-state index contributed by atoms with van der Waals surface area (Å²) in [5.41, 5.74) is 0.537. The maximum atomic E-state index is 13.2. The zero-order valence-electron chi connectivity index (χ0n) is 28.1. The number of oxime groups is 1. The van der Waals surface area contributed by atoms with Gasteiger partial charge in [-0.3, -0.25) is 0 Å². The second-order valence-corrected chi connectivity index (χ2v) is 13.6. The quantitative estimate of drug-likeness (QED) is 0.146. The number of aromatic nitrogens is 3. The Morgan fingerprint density at radius 1 is 1.06 bits per heavy atom. The number of nitrogens with zero attached hydrogens (tertiary/aromatic N) is 4. The van der Waals surface area contributed by atoms with E-state index in [-0.39, 0.29) is 48.6 Å². The molecule has 4 N–H and O–H groups in total. The Morgan fingerprint density at radius 2 is 1.75 bits per heavy atom. The summed E-state index contributed by atoms with van der Waals surface area (Å²) in [7, 11) is 2.31. The van der Waals surface area contributed by atoms with Crippen molar-refractivity contribution in [2.75, 3.05) is 27.4 Å². The molecule has 5 rings (SSSR count). The van der Waals surface area contributed by atoms with Gasteiger partial charge in [-0.15, -0.1) is 5.10 Å². The molecule has 1 fully saturated rings. The number of fused-ring (bicyclic) bond motifs is 2. The van der Waals surface area contributed by atoms with Gasteiger partial charge in [-0.05, 0) is 82.1 Å². The van der Waals surface area contributed by atoms with Crippen LogP contribution < -0.4 is 4.74 Å². The number of aliphatic hydroxyl groups is 3. The van der Waals surface area contributed by atoms with Gasteiger partial charge in [0.25, 0.3) is 0 Å². The number of aromatic hydroxyl groups is 1. The SMILES string of the molecule is COC(=O)c1nnn([C@H]2CC(=NOC(C)(C)C)C3=C[C@H](CCCCO)[C@@H](CCCCO)[C@@H]4c5cc(O)ccc5O[C@@]2(O)[C@H]34)c1C(=O)OC. The summed E-state index contributed by atoms with van der Waals surface area (Å²) in [6.07, 6.45) is 6.23. The lowest BCUT2D eigenvalue weighted by Crippen LogP contribution is -2.62. The molecule has 2 aliphatic carbocycles. The first-order chi connectivity index (χ1) is 22.9. The van der Waals surface area contributed by atoms with Gasteiger partial charge >= 0.3 is 11.9 Å². The third kappa shape index (κ3) is 6.65. The zero-order valence-corrected chi connectivity index (χ0v) is 28.1. The number of allylic oxidation sites excluding steroid dienone is 1. The number of carbonyl (C=O) groups excluding carboxylic acids is 2. The van der Waals surface area contributed by atoms with Crippen molar-refractivity contribution in [3.63, 3.8) is 0 Å². The Morgan fingerprint density at radius 3 is 2.40 bits per heavy atom. The van der Waals surface area contributed by atoms with Crippen LogP contribution in [0.2, 0.25) is 0 Å². The molecule has 48 heavy (non-hydrogen) atoms. The van der Waals surface area contributed by atoms with Crippen molar-refractivity contribution >= 4 is 17.7 Å². The maximum Gasteiger partial charge on any atom is 0.361 e. The molecule has 1 aromatic heterocycles. The third-order valence-corrected chi connectivity index (χ3v) is 9.44. The van der Waals surface area contributed by atoms with Crippen LogP contribution >= 0.6 is 0 Å². The first kappa shape index (κ1) is 35.3. The number of esters is 2. The summed E-state index contributed by atoms with van der Waals surface area (Å²) in [4.78, 5) is 31.9. The number of phenolic OH excluding ortho intramolecular Hbond substituents is 1. The number of hydrogen-bond donors (Lipinski definition) is 4. The molecule has 2 heterocycles. The average molecular weight is 671 g/mol. The number of methoxy groups -OCH3 is 2. The molecule has 6 atom stereocenters. The van der Waals surface area contributed by atoms with Crippen molar-refractivity contribution in [1.29, 1.82) is 0 Å². The molecule has 3 aliphatic rings. The largest absolute Gasteiger partial charge is 0.508 e. The van der Waals surface area contributed by atoms with Crippen LogP contribution in [0.1, 0.15) is 104 Å². The van der Waals surface area contributed by atoms with Gasteiger partial charge in [0, 0.05) is 31.1 Å². The summed E-state index contributed by atoms with van der Waals surface area (Å²) in [6, 6.07) is 3.58. The monoisotopic (exact) mass is 670 g/mol. The van der Waals surface area contributed by atoms with Crippen LogP contribution in [-0.2, 0) is 14.3 Å². The third-order valence-electron chi connectivity index (χ3n) is 9.44. The highest BCUT2D eigenvalue weighted by Crippen LogP contribution is 2.62. The molecule has 2 aromatic rings. The molecule has 0 bridgehead atoms. The molecule has 0 amide bonds. The smallest absolute Gasteiger partial charge is 0.361 e. The summed E-state index contributed by atoms with van der Waals surface area (Å²) in [5.74, 6) is -4.80. The summed E-state index contributed by atoms with van der Waals surface area (Å²) < 4.78 is 17.6. The molecule has 1 aromatic carbocycles. The van der Waals surface area contributed by atoms with Gasteiger partial charge in [-0.2, -0.15) is 0 Å². The number of hydrogen-bond acceptors (Lipinski definition) is 13. The highest BCUT2D eigenvalue weighted by molar-refractivity contribution is 6.03. The normalized spacial score (nSPS) is 27.0. The van der Waals surface area contributed by atoms with Crippen molar-refractivity contribution in [3.05, 3.63) is 46.8 Å². The number of unbranched alkanes of at least 4 members (excludes halogenated alkanes) is 2. The summed E-state index contributed by atoms with van der Waals surface area (Å²) in [6.45, 7) is 5.68. The van der Waals surface area contributed by atoms with E-state index in [4.69, 9.17) is 19.0 Å². The molecule has 0 radical (unpaired) electrons. The first-order valence-corrected chi connectivity index (χ1v) is 16.4. The van der Waals surface area contributed by atoms with Crippen molar-refractivity contribution < 1.29 is 49.1 Å². The second-order valence-electron chi connectivity index (χ2n) is 13.6. The summed E-state index contributed by atoms with van der Waals surface area (Å²) in [5, 5.41) is 55.7. The van der Waals surface area contributed by atoms with Crippen LogP contribution in [0.4, 0.5) is 0 Å². The van der Waals surface area contributed by atoms with Crippen LogP contribution in [0.15, 0.2) is 35.0 Å². The second kappa shape index (κ2) is 14.2. The van der Waals surface area contributed by atoms with Crippen LogP contribution in [0.3, 0.4) is 0 Å². The molecule has 1 aliphatic heterocycles. The minimum Gasteiger partial charge on any atom is -0.508 e. The number of benzene rings is 1. The van der Waals surface area contributed by atoms with Gasteiger partial charge in [0.1, 0.15) is 23.1 Å². The van der Waals surface area contributed by atoms with Gasteiger partial charge < -0.3 is 39.5 Å². The Labute approximate surface area is 279 Å². The highest BCUT2D eigenvalue weighted by Gasteiger charge is 2.64. The maximum absolute atomic E-state index is 13.2. The predicted molar refractivity (Wildman–Crippen MR) is 171 cm³/mol. The van der Waals surface area contributed by atoms with E-state index in [1.54, 1.807) is 12.1 Å². The lowest BCUT2D eigenvalue weighted by Gasteiger charge is -2.56. The fourth-order valence-electron chi connectivity index (χ4n) is 7.43. The molecule has 14 heteroatoms. The molecule has 262 valence electrons. The number of carbonyl (C=O) groups is 2. The van der Waals surface area contributed by atoms with E-state index in [1.807, 2.05) is 20.8 Å². The number of phenols is 1. The van der Waals surface area contributed by atoms with E-state index in [0.29, 0.717) is 48.3 Å². The van der Waals surface area contributed by atoms with E-state index in [2.05, 4.69) is 21.5 Å². The Balaban J connectivity index is 1.78. The van der Waals surface area contributed by atoms with Gasteiger partial charge in [0.2, 0.25) is 11.5 Å². The van der Waals surface area contributed by atoms with Crippen molar-refractivity contribution in [2.24, 2.45) is 22.9 Å². The van der Waals surface area contributed by atoms with Gasteiger partial charge in [-0.25, -0.2) is 14.3 Å². The van der Waals surface area contributed by atoms with E-state index < -0.39 is 41.2 Å². The van der Waals surface area contributed by atoms with Crippen molar-refractivity contribution in [3.8, 4) is 11.5 Å². The Hall–Kier alpha value is -4.01. The molecule has 14 nitrogen and oxygen atoms in total. The molecular formula is C34H46N4O10. The number of aliphatic hydroxyl groups excluding tert-OH is 2. The average Bonchev–Trinajstić information content (AvgIpc) is 3.49. The Bertz CT molecular complexity index is 1560. The van der Waals surface area contributed by atoms with Gasteiger partial charge in [-0.1, -0.05) is 29.3 Å². The fraction of sp³-hybridized carbons (Fsp3) is 0.618. The first-order valence-electron chi connectivity index (χ1n) is 16.4. The van der Waals surface area contributed by atoms with Gasteiger partial charge in [0.05, 0.1) is 25.8 Å². The van der Waals surface area contributed by atoms with Crippen molar-refractivity contribution in [1.82, 2.24) is 15.0 Å². The zero-order chi connectivity index (χ0) is 34.8. The molecule has 0 unspecified atom stereocenters. The van der Waals surface area contributed by atoms with E-state index in [9.17, 15) is 30.0 Å². The lowest BCUT2D eigenvalue weighted by molar-refractivity contribution is -0.225. The van der Waals surface area contributed by atoms with Crippen molar-refractivity contribution in [2.45, 2.75) is 89.1 Å². The summed E-state index contributed by atoms with van der Waals surface area (Å²) >= 11 is 0. The fourth-order valence-corrected chi connectivity index (χ4v) is 7.43. The molecular weight excluding hydrogens is 624 g/mol. The van der Waals surface area contributed by atoms with Gasteiger partial charge in [0.15, 0.2) is 5.69 Å². The van der Waals surface area contributed by atoms with E-state index >= 15 is 0 Å². The molecule has 0 saturated heterocycles. The predicted octanol–water partition coefficient (Wildman–Crippen LogP) is 3.65. The minimum atomic E-state index is -2.06. The van der Waals surface area contributed by atoms with E-state index in [1.165, 1.54) is 6.07 Å². The topological polar surface area (TPSA) is 195 Å². The minimum absolute atomic E-state index is 0.0108. The number of rotatable bonds is 12. The van der Waals surface area contributed by atoms with Crippen LogP contribution in [0, 0.1) is 17.8 Å². The van der Waals surface area contributed by atoms with E-state index in [0.717, 1.165) is 31.7 Å². The van der Waals surface area contributed by atoms with Crippen LogP contribution in [-0.4, -0.2) is 91.9 Å². The Kier molecular flexibility index (Phi) is 10.5. The number of ether oxygens (including phenoxy) is 3. The molecule has 1 saturated carbocycles. The molecule has 0 spiro atoms. The highest BCUT2D eigenvalue weighted by atomic mass is 16.6. The standard InChI is InChI=1S/C34H46N4O10/c1-33(2,3)48-36-24-18-26(38-30(32(43)46-5)29(35-37-38)31(42)45-4)34(44)28-22(24)16-19(10-6-8-14-39)21(11-7-9-15-40)27(28)23-17-20(41)12-13-25(23)47-34/h12-13,16-17,19,21,26-28,39-41,44H,6-11,14-15,18H2,1-5H3/t19-,21+,26-,27+,28+,34+/m0/s1.